The number of aryl methyl sites for hydroxylation is 1. The highest BCUT2D eigenvalue weighted by molar-refractivity contribution is 7.89. The fraction of sp³-hybridized carbons (Fsp3) is 0.278. The number of rotatable bonds is 5. The molecular formula is C18H22N2O3S. The largest absolute Gasteiger partial charge is 0.322 e. The molecule has 2 aromatic carbocycles. The van der Waals surface area contributed by atoms with Gasteiger partial charge in [-0.2, -0.15) is 4.31 Å². The van der Waals surface area contributed by atoms with E-state index in [1.807, 2.05) is 25.1 Å². The van der Waals surface area contributed by atoms with Gasteiger partial charge in [-0.05, 0) is 50.6 Å². The SMILES string of the molecule is Cc1ccccc1NC(=O)c1cccc(S(=O)(=O)N(C)C(C)C)c1. The van der Waals surface area contributed by atoms with Crippen molar-refractivity contribution < 1.29 is 13.2 Å². The minimum atomic E-state index is -3.62. The van der Waals surface area contributed by atoms with Crippen LogP contribution in [-0.4, -0.2) is 31.7 Å². The van der Waals surface area contributed by atoms with E-state index in [0.29, 0.717) is 11.3 Å². The summed E-state index contributed by atoms with van der Waals surface area (Å²) in [5.74, 6) is -0.339. The third kappa shape index (κ3) is 3.83. The zero-order chi connectivity index (χ0) is 17.9. The predicted molar refractivity (Wildman–Crippen MR) is 95.7 cm³/mol. The maximum Gasteiger partial charge on any atom is 0.255 e. The van der Waals surface area contributed by atoms with E-state index in [2.05, 4.69) is 5.32 Å². The molecule has 0 unspecified atom stereocenters. The molecule has 0 aliphatic heterocycles. The number of nitrogens with zero attached hydrogens (tertiary/aromatic N) is 1. The Kier molecular flexibility index (Phi) is 5.41. The second-order valence-corrected chi connectivity index (χ2v) is 7.91. The molecule has 1 N–H and O–H groups in total. The van der Waals surface area contributed by atoms with Crippen molar-refractivity contribution in [1.82, 2.24) is 4.31 Å². The first-order chi connectivity index (χ1) is 11.2. The van der Waals surface area contributed by atoms with E-state index >= 15 is 0 Å². The van der Waals surface area contributed by atoms with Crippen LogP contribution in [-0.2, 0) is 10.0 Å². The number of para-hydroxylation sites is 1. The second-order valence-electron chi connectivity index (χ2n) is 5.91. The van der Waals surface area contributed by atoms with Crippen LogP contribution in [0.3, 0.4) is 0 Å². The van der Waals surface area contributed by atoms with Gasteiger partial charge in [-0.1, -0.05) is 24.3 Å². The molecule has 128 valence electrons. The number of carbonyl (C=O) groups excluding carboxylic acids is 1. The molecule has 0 atom stereocenters. The van der Waals surface area contributed by atoms with Crippen molar-refractivity contribution in [1.29, 1.82) is 0 Å². The smallest absolute Gasteiger partial charge is 0.255 e. The Morgan fingerprint density at radius 2 is 1.75 bits per heavy atom. The van der Waals surface area contributed by atoms with Gasteiger partial charge in [-0.25, -0.2) is 8.42 Å². The lowest BCUT2D eigenvalue weighted by atomic mass is 10.1. The summed E-state index contributed by atoms with van der Waals surface area (Å²) in [7, 11) is -2.09. The standard InChI is InChI=1S/C18H22N2O3S/c1-13(2)20(4)24(22,23)16-10-7-9-15(12-16)18(21)19-17-11-6-5-8-14(17)3/h5-13H,1-4H3,(H,19,21). The van der Waals surface area contributed by atoms with Crippen molar-refractivity contribution >= 4 is 21.6 Å². The molecule has 5 nitrogen and oxygen atoms in total. The normalized spacial score (nSPS) is 11.8. The third-order valence-corrected chi connectivity index (χ3v) is 5.92. The van der Waals surface area contributed by atoms with Gasteiger partial charge in [0.05, 0.1) is 4.90 Å². The first-order valence-corrected chi connectivity index (χ1v) is 9.12. The molecule has 0 aliphatic rings. The molecule has 2 aromatic rings. The number of carbonyl (C=O) groups is 1. The molecule has 0 bridgehead atoms. The van der Waals surface area contributed by atoms with Crippen molar-refractivity contribution in [3.8, 4) is 0 Å². The molecule has 24 heavy (non-hydrogen) atoms. The molecule has 0 fully saturated rings. The molecule has 0 saturated carbocycles. The summed E-state index contributed by atoms with van der Waals surface area (Å²) in [6.07, 6.45) is 0. The second kappa shape index (κ2) is 7.15. The van der Waals surface area contributed by atoms with Gasteiger partial charge in [-0.15, -0.1) is 0 Å². The van der Waals surface area contributed by atoms with E-state index in [-0.39, 0.29) is 16.8 Å². The third-order valence-electron chi connectivity index (χ3n) is 3.89. The van der Waals surface area contributed by atoms with Crippen molar-refractivity contribution in [3.05, 3.63) is 59.7 Å². The van der Waals surface area contributed by atoms with Crippen LogP contribution in [0.15, 0.2) is 53.4 Å². The quantitative estimate of drug-likeness (QED) is 0.903. The van der Waals surface area contributed by atoms with Crippen LogP contribution in [0.25, 0.3) is 0 Å². The van der Waals surface area contributed by atoms with E-state index in [4.69, 9.17) is 0 Å². The maximum absolute atomic E-state index is 12.6. The van der Waals surface area contributed by atoms with Crippen molar-refractivity contribution in [2.75, 3.05) is 12.4 Å². The monoisotopic (exact) mass is 346 g/mol. The molecule has 0 saturated heterocycles. The summed E-state index contributed by atoms with van der Waals surface area (Å²) >= 11 is 0. The Hall–Kier alpha value is -2.18. The van der Waals surface area contributed by atoms with Crippen molar-refractivity contribution in [2.24, 2.45) is 0 Å². The Morgan fingerprint density at radius 3 is 2.38 bits per heavy atom. The zero-order valence-corrected chi connectivity index (χ0v) is 15.1. The summed E-state index contributed by atoms with van der Waals surface area (Å²) in [4.78, 5) is 12.5. The summed E-state index contributed by atoms with van der Waals surface area (Å²) in [6, 6.07) is 13.3. The van der Waals surface area contributed by atoms with Gasteiger partial charge in [0.1, 0.15) is 0 Å². The van der Waals surface area contributed by atoms with E-state index in [0.717, 1.165) is 5.56 Å². The molecule has 0 aliphatic carbocycles. The fourth-order valence-electron chi connectivity index (χ4n) is 2.15. The van der Waals surface area contributed by atoms with Crippen LogP contribution in [0.4, 0.5) is 5.69 Å². The van der Waals surface area contributed by atoms with Crippen molar-refractivity contribution in [3.63, 3.8) is 0 Å². The van der Waals surface area contributed by atoms with Gasteiger partial charge in [0.15, 0.2) is 0 Å². The number of hydrogen-bond acceptors (Lipinski definition) is 3. The minimum Gasteiger partial charge on any atom is -0.322 e. The number of nitrogens with one attached hydrogen (secondary N) is 1. The van der Waals surface area contributed by atoms with Gasteiger partial charge < -0.3 is 5.32 Å². The highest BCUT2D eigenvalue weighted by Gasteiger charge is 2.23. The molecule has 0 heterocycles. The van der Waals surface area contributed by atoms with Crippen LogP contribution in [0, 0.1) is 6.92 Å². The van der Waals surface area contributed by atoms with Gasteiger partial charge >= 0.3 is 0 Å². The molecular weight excluding hydrogens is 324 g/mol. The average molecular weight is 346 g/mol. The molecule has 0 aromatic heterocycles. The summed E-state index contributed by atoms with van der Waals surface area (Å²) < 4.78 is 26.4. The van der Waals surface area contributed by atoms with E-state index in [9.17, 15) is 13.2 Å². The molecule has 6 heteroatoms. The minimum absolute atomic E-state index is 0.108. The molecule has 2 rings (SSSR count). The highest BCUT2D eigenvalue weighted by Crippen LogP contribution is 2.19. The molecule has 1 amide bonds. The van der Waals surface area contributed by atoms with E-state index < -0.39 is 10.0 Å². The van der Waals surface area contributed by atoms with Gasteiger partial charge in [-0.3, -0.25) is 4.79 Å². The first kappa shape index (κ1) is 18.2. The molecule has 0 spiro atoms. The number of hydrogen-bond donors (Lipinski definition) is 1. The van der Waals surface area contributed by atoms with Crippen LogP contribution in [0.1, 0.15) is 29.8 Å². The van der Waals surface area contributed by atoms with Crippen LogP contribution >= 0.6 is 0 Å². The maximum atomic E-state index is 12.6. The van der Waals surface area contributed by atoms with Gasteiger partial charge in [0, 0.05) is 24.3 Å². The highest BCUT2D eigenvalue weighted by atomic mass is 32.2. The lowest BCUT2D eigenvalue weighted by Gasteiger charge is -2.21. The van der Waals surface area contributed by atoms with Gasteiger partial charge in [0.25, 0.3) is 5.91 Å². The number of sulfonamides is 1. The number of anilines is 1. The summed E-state index contributed by atoms with van der Waals surface area (Å²) in [5, 5.41) is 2.81. The lowest BCUT2D eigenvalue weighted by Crippen LogP contribution is -2.33. The predicted octanol–water partition coefficient (Wildman–Crippen LogP) is 3.28. The van der Waals surface area contributed by atoms with E-state index in [1.54, 1.807) is 32.0 Å². The molecule has 0 radical (unpaired) electrons. The Labute approximate surface area is 143 Å². The topological polar surface area (TPSA) is 66.5 Å². The first-order valence-electron chi connectivity index (χ1n) is 7.68. The number of benzene rings is 2. The lowest BCUT2D eigenvalue weighted by molar-refractivity contribution is 0.102. The zero-order valence-electron chi connectivity index (χ0n) is 14.3. The Bertz CT molecular complexity index is 845. The summed E-state index contributed by atoms with van der Waals surface area (Å²) in [5.41, 5.74) is 1.95. The van der Waals surface area contributed by atoms with Crippen LogP contribution in [0.2, 0.25) is 0 Å². The summed E-state index contributed by atoms with van der Waals surface area (Å²) in [6.45, 7) is 5.49. The van der Waals surface area contributed by atoms with Crippen LogP contribution < -0.4 is 5.32 Å². The van der Waals surface area contributed by atoms with Gasteiger partial charge in [0.2, 0.25) is 10.0 Å². The van der Waals surface area contributed by atoms with Crippen LogP contribution in [0.5, 0.6) is 0 Å². The Balaban J connectivity index is 2.31. The average Bonchev–Trinajstić information content (AvgIpc) is 2.56. The fourth-order valence-corrected chi connectivity index (χ4v) is 3.56. The number of amides is 1. The van der Waals surface area contributed by atoms with Crippen molar-refractivity contribution in [2.45, 2.75) is 31.7 Å². The Morgan fingerprint density at radius 1 is 1.08 bits per heavy atom. The van der Waals surface area contributed by atoms with E-state index in [1.165, 1.54) is 23.5 Å².